The van der Waals surface area contributed by atoms with Crippen molar-refractivity contribution in [1.82, 2.24) is 15.0 Å². The average Bonchev–Trinajstić information content (AvgIpc) is 3.72. The first kappa shape index (κ1) is 39.0. The van der Waals surface area contributed by atoms with E-state index >= 15 is 0 Å². The van der Waals surface area contributed by atoms with Crippen molar-refractivity contribution in [3.05, 3.63) is 259 Å². The molecule has 0 amide bonds. The van der Waals surface area contributed by atoms with Crippen molar-refractivity contribution in [2.75, 3.05) is 0 Å². The van der Waals surface area contributed by atoms with Crippen molar-refractivity contribution in [2.24, 2.45) is 0 Å². The van der Waals surface area contributed by atoms with Gasteiger partial charge in [0.15, 0.2) is 40.5 Å². The zero-order valence-electron chi connectivity index (χ0n) is 37.2. The van der Waals surface area contributed by atoms with Gasteiger partial charge in [-0.3, -0.25) is 0 Å². The fourth-order valence-corrected chi connectivity index (χ4v) is 10.9. The first-order valence-corrected chi connectivity index (χ1v) is 23.3. The lowest BCUT2D eigenvalue weighted by molar-refractivity contribution is 0.359. The van der Waals surface area contributed by atoms with E-state index in [-0.39, 0.29) is 0 Å². The molecule has 5 nitrogen and oxygen atoms in total. The van der Waals surface area contributed by atoms with Crippen molar-refractivity contribution >= 4 is 32.3 Å². The van der Waals surface area contributed by atoms with E-state index < -0.39 is 5.41 Å². The average molecular weight is 882 g/mol. The van der Waals surface area contributed by atoms with Crippen LogP contribution >= 0.6 is 0 Å². The van der Waals surface area contributed by atoms with Gasteiger partial charge in [0.2, 0.25) is 0 Å². The summed E-state index contributed by atoms with van der Waals surface area (Å²) in [5.41, 5.74) is 11.2. The molecule has 1 aliphatic heterocycles. The summed E-state index contributed by atoms with van der Waals surface area (Å²) in [6, 6.07) is 83.2. The van der Waals surface area contributed by atoms with Gasteiger partial charge in [0.25, 0.3) is 0 Å². The van der Waals surface area contributed by atoms with E-state index in [0.29, 0.717) is 40.5 Å². The van der Waals surface area contributed by atoms with Gasteiger partial charge < -0.3 is 9.47 Å². The van der Waals surface area contributed by atoms with Crippen LogP contribution in [0.3, 0.4) is 0 Å². The minimum absolute atomic E-state index is 0.553. The molecule has 0 atom stereocenters. The second kappa shape index (κ2) is 15.4. The van der Waals surface area contributed by atoms with Gasteiger partial charge in [0, 0.05) is 16.7 Å². The molecule has 14 rings (SSSR count). The molecule has 0 spiro atoms. The maximum atomic E-state index is 6.90. The Morgan fingerprint density at radius 1 is 0.261 bits per heavy atom. The molecule has 5 heteroatoms. The zero-order valence-corrected chi connectivity index (χ0v) is 37.2. The number of ether oxygens (including phenoxy) is 2. The molecule has 0 saturated heterocycles. The Labute approximate surface area is 398 Å². The maximum Gasteiger partial charge on any atom is 0.170 e. The summed E-state index contributed by atoms with van der Waals surface area (Å²) < 4.78 is 13.6. The van der Waals surface area contributed by atoms with Crippen LogP contribution in [0.25, 0.3) is 88.7 Å². The monoisotopic (exact) mass is 881 g/mol. The Hall–Kier alpha value is -9.19. The van der Waals surface area contributed by atoms with Gasteiger partial charge in [-0.2, -0.15) is 0 Å². The molecule has 322 valence electrons. The quantitative estimate of drug-likeness (QED) is 0.156. The molecular formula is C64H39N3O2. The summed E-state index contributed by atoms with van der Waals surface area (Å²) in [5, 5.41) is 7.25. The number of hydrogen-bond donors (Lipinski definition) is 0. The second-order valence-electron chi connectivity index (χ2n) is 17.8. The van der Waals surface area contributed by atoms with Gasteiger partial charge >= 0.3 is 0 Å². The smallest absolute Gasteiger partial charge is 0.170 e. The molecule has 2 heterocycles. The lowest BCUT2D eigenvalue weighted by Gasteiger charge is -2.34. The van der Waals surface area contributed by atoms with Gasteiger partial charge in [-0.1, -0.05) is 200 Å². The maximum absolute atomic E-state index is 6.90. The van der Waals surface area contributed by atoms with Crippen LogP contribution in [-0.2, 0) is 5.41 Å². The van der Waals surface area contributed by atoms with Crippen LogP contribution in [0.2, 0.25) is 0 Å². The Balaban J connectivity index is 0.857. The molecule has 12 aromatic rings. The molecule has 0 fully saturated rings. The number of aromatic nitrogens is 3. The van der Waals surface area contributed by atoms with Crippen molar-refractivity contribution in [3.63, 3.8) is 0 Å². The fourth-order valence-electron chi connectivity index (χ4n) is 10.9. The first-order valence-electron chi connectivity index (χ1n) is 23.3. The molecule has 1 aromatic heterocycles. The minimum Gasteiger partial charge on any atom is -0.449 e. The lowest BCUT2D eigenvalue weighted by atomic mass is 9.67. The zero-order chi connectivity index (χ0) is 45.5. The molecule has 0 N–H and O–H groups in total. The third-order valence-corrected chi connectivity index (χ3v) is 14.0. The Morgan fingerprint density at radius 3 is 1.41 bits per heavy atom. The van der Waals surface area contributed by atoms with Crippen molar-refractivity contribution < 1.29 is 9.47 Å². The van der Waals surface area contributed by atoms with Crippen LogP contribution in [0.4, 0.5) is 0 Å². The fraction of sp³-hybridized carbons (Fsp3) is 0.0156. The molecule has 69 heavy (non-hydrogen) atoms. The second-order valence-corrected chi connectivity index (χ2v) is 17.8. The van der Waals surface area contributed by atoms with Gasteiger partial charge in [0.05, 0.1) is 5.41 Å². The SMILES string of the molecule is c1ccc(-c2nc(-c3cccc(-c4ccc5c(c4)Oc4cc6c(cc4O5)-c4ccccc4C6(c4ccccc4)c4ccccc4)c3)nc(-c3ccc4c5ccccc5c5ccccc5c4c3)n2)cc1. The molecule has 0 saturated carbocycles. The largest absolute Gasteiger partial charge is 0.449 e. The summed E-state index contributed by atoms with van der Waals surface area (Å²) in [7, 11) is 0. The Bertz CT molecular complexity index is 3950. The van der Waals surface area contributed by atoms with Crippen LogP contribution in [0.15, 0.2) is 237 Å². The molecule has 11 aromatic carbocycles. The van der Waals surface area contributed by atoms with Crippen LogP contribution in [0.5, 0.6) is 23.0 Å². The van der Waals surface area contributed by atoms with Crippen molar-refractivity contribution in [2.45, 2.75) is 5.41 Å². The highest BCUT2D eigenvalue weighted by Gasteiger charge is 2.47. The van der Waals surface area contributed by atoms with E-state index in [0.717, 1.165) is 44.3 Å². The number of rotatable bonds is 6. The first-order chi connectivity index (χ1) is 34.2. The Kier molecular flexibility index (Phi) is 8.73. The predicted molar refractivity (Wildman–Crippen MR) is 278 cm³/mol. The van der Waals surface area contributed by atoms with E-state index in [1.165, 1.54) is 49.2 Å². The highest BCUT2D eigenvalue weighted by atomic mass is 16.6. The standard InChI is InChI=1S/C64H39N3O2/c1-4-17-40(18-5-1)61-65-62(67-63(66-61)44-31-33-51-49-27-11-10-25-47(49)48-26-12-13-28-50(48)53(51)36-44)43-20-16-19-41(35-43)42-32-34-57-58(37-42)69-60-39-56-54(38-59(60)68-57)52-29-14-15-30-55(52)64(56,45-21-6-2-7-22-45)46-23-8-3-9-24-46/h1-39H. The number of benzene rings is 11. The highest BCUT2D eigenvalue weighted by Crippen LogP contribution is 2.60. The van der Waals surface area contributed by atoms with Gasteiger partial charge in [0.1, 0.15) is 0 Å². The number of fused-ring (bicyclic) bond motifs is 11. The van der Waals surface area contributed by atoms with Gasteiger partial charge in [-0.15, -0.1) is 0 Å². The molecule has 0 bridgehead atoms. The van der Waals surface area contributed by atoms with Crippen LogP contribution in [0, 0.1) is 0 Å². The van der Waals surface area contributed by atoms with Crippen LogP contribution in [-0.4, -0.2) is 15.0 Å². The lowest BCUT2D eigenvalue weighted by Crippen LogP contribution is -2.28. The van der Waals surface area contributed by atoms with Crippen molar-refractivity contribution in [1.29, 1.82) is 0 Å². The molecule has 0 radical (unpaired) electrons. The van der Waals surface area contributed by atoms with E-state index in [2.05, 4.69) is 200 Å². The van der Waals surface area contributed by atoms with Crippen LogP contribution in [0.1, 0.15) is 22.3 Å². The van der Waals surface area contributed by atoms with Gasteiger partial charge in [-0.25, -0.2) is 15.0 Å². The third-order valence-electron chi connectivity index (χ3n) is 14.0. The summed E-state index contributed by atoms with van der Waals surface area (Å²) in [5.74, 6) is 4.49. The summed E-state index contributed by atoms with van der Waals surface area (Å²) >= 11 is 0. The number of hydrogen-bond acceptors (Lipinski definition) is 5. The van der Waals surface area contributed by atoms with E-state index in [4.69, 9.17) is 24.4 Å². The van der Waals surface area contributed by atoms with Gasteiger partial charge in [-0.05, 0) is 113 Å². The minimum atomic E-state index is -0.553. The van der Waals surface area contributed by atoms with E-state index in [9.17, 15) is 0 Å². The predicted octanol–water partition coefficient (Wildman–Crippen LogP) is 16.3. The van der Waals surface area contributed by atoms with Crippen LogP contribution < -0.4 is 9.47 Å². The number of nitrogens with zero attached hydrogens (tertiary/aromatic N) is 3. The molecule has 2 aliphatic rings. The summed E-state index contributed by atoms with van der Waals surface area (Å²) in [4.78, 5) is 15.4. The normalized spacial score (nSPS) is 13.0. The topological polar surface area (TPSA) is 57.1 Å². The summed E-state index contributed by atoms with van der Waals surface area (Å²) in [6.45, 7) is 0. The van der Waals surface area contributed by atoms with E-state index in [1.807, 2.05) is 36.4 Å². The third kappa shape index (κ3) is 6.14. The van der Waals surface area contributed by atoms with E-state index in [1.54, 1.807) is 0 Å². The molecule has 1 aliphatic carbocycles. The summed E-state index contributed by atoms with van der Waals surface area (Å²) in [6.07, 6.45) is 0. The highest BCUT2D eigenvalue weighted by molar-refractivity contribution is 6.25. The van der Waals surface area contributed by atoms with Crippen molar-refractivity contribution in [3.8, 4) is 79.4 Å². The Morgan fingerprint density at radius 2 is 0.725 bits per heavy atom. The molecule has 0 unspecified atom stereocenters. The molecular weight excluding hydrogens is 843 g/mol.